The molecule has 1 fully saturated rings. The molecule has 23 heavy (non-hydrogen) atoms. The Bertz CT molecular complexity index is 543. The minimum Gasteiger partial charge on any atom is -0.454 e. The largest absolute Gasteiger partial charge is 0.454 e. The van der Waals surface area contributed by atoms with Gasteiger partial charge in [-0.25, -0.2) is 0 Å². The van der Waals surface area contributed by atoms with Crippen LogP contribution >= 0.6 is 0 Å². The van der Waals surface area contributed by atoms with Gasteiger partial charge in [-0.3, -0.25) is 4.79 Å². The zero-order chi connectivity index (χ0) is 16.1. The lowest BCUT2D eigenvalue weighted by molar-refractivity contribution is -0.937. The van der Waals surface area contributed by atoms with Crippen LogP contribution in [0.15, 0.2) is 18.2 Å². The number of quaternary nitrogens is 1. The molecular formula is C17H25N2O4+. The van der Waals surface area contributed by atoms with Crippen molar-refractivity contribution in [3.63, 3.8) is 0 Å². The van der Waals surface area contributed by atoms with Crippen LogP contribution in [0.1, 0.15) is 31.4 Å². The molecule has 1 amide bonds. The Morgan fingerprint density at radius 2 is 2.04 bits per heavy atom. The third kappa shape index (κ3) is 3.95. The number of fused-ring (bicyclic) bond motifs is 1. The molecule has 3 rings (SSSR count). The first-order valence-electron chi connectivity index (χ1n) is 8.36. The lowest BCUT2D eigenvalue weighted by Gasteiger charge is -2.32. The predicted octanol–water partition coefficient (Wildman–Crippen LogP) is 0.288. The number of hydrogen-bond acceptors (Lipinski definition) is 4. The fraction of sp³-hybridized carbons (Fsp3) is 0.588. The van der Waals surface area contributed by atoms with Gasteiger partial charge in [0.2, 0.25) is 12.7 Å². The number of carbonyl (C=O) groups is 1. The topological polar surface area (TPSA) is 61.2 Å². The van der Waals surface area contributed by atoms with Crippen LogP contribution in [0.4, 0.5) is 0 Å². The number of ether oxygens (including phenoxy) is 3. The zero-order valence-electron chi connectivity index (χ0n) is 13.6. The maximum atomic E-state index is 11.9. The molecule has 1 atom stereocenters. The van der Waals surface area contributed by atoms with Crippen molar-refractivity contribution in [1.29, 1.82) is 0 Å². The molecule has 1 aromatic carbocycles. The SMILES string of the molecule is CCCC(=O)NC[C@@H](c1ccc2c(c1)OCO2)[NH+]1CCOCC1. The van der Waals surface area contributed by atoms with Crippen LogP contribution in [-0.4, -0.2) is 45.5 Å². The van der Waals surface area contributed by atoms with Crippen molar-refractivity contribution in [2.75, 3.05) is 39.6 Å². The molecule has 0 unspecified atom stereocenters. The maximum absolute atomic E-state index is 11.9. The van der Waals surface area contributed by atoms with Gasteiger partial charge in [-0.2, -0.15) is 0 Å². The van der Waals surface area contributed by atoms with Crippen molar-refractivity contribution < 1.29 is 23.9 Å². The molecule has 2 N–H and O–H groups in total. The quantitative estimate of drug-likeness (QED) is 0.790. The van der Waals surface area contributed by atoms with Crippen LogP contribution in [0, 0.1) is 0 Å². The summed E-state index contributed by atoms with van der Waals surface area (Å²) in [6, 6.07) is 6.28. The molecular weight excluding hydrogens is 296 g/mol. The van der Waals surface area contributed by atoms with E-state index in [0.29, 0.717) is 13.0 Å². The number of morpholine rings is 1. The molecule has 0 radical (unpaired) electrons. The first kappa shape index (κ1) is 16.1. The van der Waals surface area contributed by atoms with E-state index in [1.54, 1.807) is 0 Å². The minimum atomic E-state index is 0.117. The molecule has 6 heteroatoms. The molecule has 0 saturated carbocycles. The summed E-state index contributed by atoms with van der Waals surface area (Å²) in [4.78, 5) is 13.3. The van der Waals surface area contributed by atoms with Crippen molar-refractivity contribution in [3.05, 3.63) is 23.8 Å². The predicted molar refractivity (Wildman–Crippen MR) is 84.7 cm³/mol. The van der Waals surface area contributed by atoms with Gasteiger partial charge in [0.15, 0.2) is 11.5 Å². The van der Waals surface area contributed by atoms with Crippen molar-refractivity contribution in [3.8, 4) is 11.5 Å². The van der Waals surface area contributed by atoms with Gasteiger partial charge >= 0.3 is 0 Å². The highest BCUT2D eigenvalue weighted by Gasteiger charge is 2.28. The lowest BCUT2D eigenvalue weighted by Crippen LogP contribution is -3.15. The van der Waals surface area contributed by atoms with E-state index in [1.807, 2.05) is 19.1 Å². The van der Waals surface area contributed by atoms with Gasteiger partial charge in [0.25, 0.3) is 0 Å². The Hall–Kier alpha value is -1.79. The summed E-state index contributed by atoms with van der Waals surface area (Å²) in [6.45, 7) is 6.35. The van der Waals surface area contributed by atoms with Crippen LogP contribution in [0.2, 0.25) is 0 Å². The fourth-order valence-electron chi connectivity index (χ4n) is 3.14. The Balaban J connectivity index is 1.75. The van der Waals surface area contributed by atoms with E-state index in [1.165, 1.54) is 10.5 Å². The Morgan fingerprint density at radius 1 is 1.26 bits per heavy atom. The van der Waals surface area contributed by atoms with Crippen LogP contribution in [0.3, 0.4) is 0 Å². The first-order chi connectivity index (χ1) is 11.3. The van der Waals surface area contributed by atoms with Gasteiger partial charge in [0.1, 0.15) is 19.1 Å². The Morgan fingerprint density at radius 3 is 2.83 bits per heavy atom. The average Bonchev–Trinajstić information content (AvgIpc) is 3.04. The third-order valence-corrected chi connectivity index (χ3v) is 4.41. The normalized spacial score (nSPS) is 18.7. The van der Waals surface area contributed by atoms with Gasteiger partial charge < -0.3 is 24.4 Å². The van der Waals surface area contributed by atoms with Crippen molar-refractivity contribution in [1.82, 2.24) is 5.32 Å². The average molecular weight is 321 g/mol. The highest BCUT2D eigenvalue weighted by Crippen LogP contribution is 2.33. The van der Waals surface area contributed by atoms with E-state index in [9.17, 15) is 4.79 Å². The second-order valence-electron chi connectivity index (χ2n) is 5.99. The van der Waals surface area contributed by atoms with Gasteiger partial charge in [0.05, 0.1) is 19.8 Å². The zero-order valence-corrected chi connectivity index (χ0v) is 13.6. The standard InChI is InChI=1S/C17H24N2O4/c1-2-3-17(20)18-11-14(19-6-8-21-9-7-19)13-4-5-15-16(10-13)23-12-22-15/h4-5,10,14H,2-3,6-9,11-12H2,1H3,(H,18,20)/p+1/t14-/m0/s1. The number of rotatable bonds is 6. The summed E-state index contributed by atoms with van der Waals surface area (Å²) in [5.74, 6) is 1.70. The van der Waals surface area contributed by atoms with E-state index in [4.69, 9.17) is 14.2 Å². The number of benzene rings is 1. The van der Waals surface area contributed by atoms with Gasteiger partial charge in [-0.05, 0) is 24.6 Å². The second-order valence-corrected chi connectivity index (χ2v) is 5.99. The summed E-state index contributed by atoms with van der Waals surface area (Å²) < 4.78 is 16.4. The van der Waals surface area contributed by atoms with Gasteiger partial charge in [-0.1, -0.05) is 6.92 Å². The molecule has 0 spiro atoms. The first-order valence-corrected chi connectivity index (χ1v) is 8.36. The second kappa shape index (κ2) is 7.66. The smallest absolute Gasteiger partial charge is 0.231 e. The third-order valence-electron chi connectivity index (χ3n) is 4.41. The molecule has 2 aliphatic rings. The molecule has 0 aliphatic carbocycles. The van der Waals surface area contributed by atoms with E-state index in [0.717, 1.165) is 44.2 Å². The van der Waals surface area contributed by atoms with E-state index >= 15 is 0 Å². The lowest BCUT2D eigenvalue weighted by atomic mass is 10.0. The molecule has 1 saturated heterocycles. The van der Waals surface area contributed by atoms with Crippen LogP contribution in [0.25, 0.3) is 0 Å². The van der Waals surface area contributed by atoms with Crippen molar-refractivity contribution in [2.24, 2.45) is 0 Å². The highest BCUT2D eigenvalue weighted by atomic mass is 16.7. The molecule has 2 aliphatic heterocycles. The van der Waals surface area contributed by atoms with Crippen molar-refractivity contribution >= 4 is 5.91 Å². The fourth-order valence-corrected chi connectivity index (χ4v) is 3.14. The van der Waals surface area contributed by atoms with Crippen molar-refractivity contribution in [2.45, 2.75) is 25.8 Å². The molecule has 0 aromatic heterocycles. The molecule has 2 heterocycles. The summed E-state index contributed by atoms with van der Waals surface area (Å²) >= 11 is 0. The maximum Gasteiger partial charge on any atom is 0.231 e. The van der Waals surface area contributed by atoms with E-state index in [2.05, 4.69) is 11.4 Å². The van der Waals surface area contributed by atoms with Crippen LogP contribution in [0.5, 0.6) is 11.5 Å². The summed E-state index contributed by atoms with van der Waals surface area (Å²) in [6.07, 6.45) is 1.44. The highest BCUT2D eigenvalue weighted by molar-refractivity contribution is 5.75. The molecule has 0 bridgehead atoms. The molecule has 6 nitrogen and oxygen atoms in total. The molecule has 126 valence electrons. The summed E-state index contributed by atoms with van der Waals surface area (Å²) in [5.41, 5.74) is 1.17. The molecule has 1 aromatic rings. The summed E-state index contributed by atoms with van der Waals surface area (Å²) in [5, 5.41) is 3.07. The van der Waals surface area contributed by atoms with Crippen LogP contribution in [-0.2, 0) is 9.53 Å². The number of hydrogen-bond donors (Lipinski definition) is 2. The summed E-state index contributed by atoms with van der Waals surface area (Å²) in [7, 11) is 0. The van der Waals surface area contributed by atoms with Gasteiger partial charge in [0, 0.05) is 12.0 Å². The van der Waals surface area contributed by atoms with Crippen LogP contribution < -0.4 is 19.7 Å². The Labute approximate surface area is 136 Å². The van der Waals surface area contributed by atoms with E-state index in [-0.39, 0.29) is 18.7 Å². The number of carbonyl (C=O) groups excluding carboxylic acids is 1. The monoisotopic (exact) mass is 321 g/mol. The number of amides is 1. The Kier molecular flexibility index (Phi) is 5.35. The van der Waals surface area contributed by atoms with Gasteiger partial charge in [-0.15, -0.1) is 0 Å². The van der Waals surface area contributed by atoms with E-state index < -0.39 is 0 Å². The minimum absolute atomic E-state index is 0.117. The number of nitrogens with one attached hydrogen (secondary N) is 2.